The van der Waals surface area contributed by atoms with Gasteiger partial charge in [-0.3, -0.25) is 4.79 Å². The van der Waals surface area contributed by atoms with E-state index in [2.05, 4.69) is 21.2 Å². The summed E-state index contributed by atoms with van der Waals surface area (Å²) < 4.78 is 0.501. The van der Waals surface area contributed by atoms with Crippen LogP contribution in [0, 0.1) is 6.92 Å². The van der Waals surface area contributed by atoms with Gasteiger partial charge in [-0.05, 0) is 40.5 Å². The molecule has 0 saturated heterocycles. The van der Waals surface area contributed by atoms with E-state index in [0.29, 0.717) is 15.7 Å². The Morgan fingerprint density at radius 2 is 2.00 bits per heavy atom. The van der Waals surface area contributed by atoms with Gasteiger partial charge < -0.3 is 10.4 Å². The molecule has 0 atom stereocenters. The molecule has 0 aromatic heterocycles. The molecular formula is C10H10BrNO3. The second kappa shape index (κ2) is 4.44. The van der Waals surface area contributed by atoms with Crippen LogP contribution in [-0.2, 0) is 4.79 Å². The molecule has 1 rings (SSSR count). The first-order chi connectivity index (χ1) is 6.93. The number of amides is 1. The highest BCUT2D eigenvalue weighted by atomic mass is 79.9. The highest BCUT2D eigenvalue weighted by Crippen LogP contribution is 2.26. The molecule has 0 aliphatic heterocycles. The van der Waals surface area contributed by atoms with Gasteiger partial charge >= 0.3 is 5.97 Å². The van der Waals surface area contributed by atoms with Gasteiger partial charge in [0.2, 0.25) is 5.91 Å². The van der Waals surface area contributed by atoms with Crippen molar-refractivity contribution >= 4 is 33.5 Å². The lowest BCUT2D eigenvalue weighted by atomic mass is 10.1. The number of halogens is 1. The van der Waals surface area contributed by atoms with Gasteiger partial charge in [-0.2, -0.15) is 0 Å². The molecule has 0 fully saturated rings. The van der Waals surface area contributed by atoms with E-state index in [4.69, 9.17) is 5.11 Å². The fourth-order valence-electron chi connectivity index (χ4n) is 1.27. The van der Waals surface area contributed by atoms with E-state index in [9.17, 15) is 9.59 Å². The molecule has 4 nitrogen and oxygen atoms in total. The Balaban J connectivity index is 3.28. The van der Waals surface area contributed by atoms with E-state index >= 15 is 0 Å². The average molecular weight is 272 g/mol. The Bertz CT molecular complexity index is 429. The molecular weight excluding hydrogens is 262 g/mol. The number of hydrogen-bond acceptors (Lipinski definition) is 2. The minimum Gasteiger partial charge on any atom is -0.478 e. The molecule has 15 heavy (non-hydrogen) atoms. The number of carbonyl (C=O) groups excluding carboxylic acids is 1. The van der Waals surface area contributed by atoms with Crippen LogP contribution in [0.2, 0.25) is 0 Å². The fraction of sp³-hybridized carbons (Fsp3) is 0.200. The van der Waals surface area contributed by atoms with Gasteiger partial charge in [0.05, 0.1) is 5.56 Å². The van der Waals surface area contributed by atoms with Crippen molar-refractivity contribution in [3.63, 3.8) is 0 Å². The molecule has 0 saturated carbocycles. The quantitative estimate of drug-likeness (QED) is 0.868. The molecule has 5 heteroatoms. The number of nitrogens with one attached hydrogen (secondary N) is 1. The van der Waals surface area contributed by atoms with Crippen molar-refractivity contribution in [2.75, 3.05) is 5.32 Å². The van der Waals surface area contributed by atoms with Crippen LogP contribution in [0.5, 0.6) is 0 Å². The second-order valence-corrected chi connectivity index (χ2v) is 3.94. The Morgan fingerprint density at radius 3 is 2.47 bits per heavy atom. The molecule has 0 aliphatic carbocycles. The minimum absolute atomic E-state index is 0.168. The summed E-state index contributed by atoms with van der Waals surface area (Å²) in [6.45, 7) is 3.03. The summed E-state index contributed by atoms with van der Waals surface area (Å²) in [5, 5.41) is 11.5. The van der Waals surface area contributed by atoms with Gasteiger partial charge in [0.25, 0.3) is 0 Å². The fourth-order valence-corrected chi connectivity index (χ4v) is 1.87. The lowest BCUT2D eigenvalue weighted by Crippen LogP contribution is -2.10. The van der Waals surface area contributed by atoms with Crippen LogP contribution in [0.1, 0.15) is 22.8 Å². The van der Waals surface area contributed by atoms with Crippen molar-refractivity contribution in [2.24, 2.45) is 0 Å². The molecule has 2 N–H and O–H groups in total. The molecule has 80 valence electrons. The van der Waals surface area contributed by atoms with Gasteiger partial charge in [0.15, 0.2) is 0 Å². The predicted molar refractivity (Wildman–Crippen MR) is 60.1 cm³/mol. The van der Waals surface area contributed by atoms with Crippen LogP contribution < -0.4 is 5.32 Å². The van der Waals surface area contributed by atoms with Gasteiger partial charge in [-0.25, -0.2) is 4.79 Å². The summed E-state index contributed by atoms with van der Waals surface area (Å²) in [5.41, 5.74) is 1.22. The highest BCUT2D eigenvalue weighted by molar-refractivity contribution is 9.10. The molecule has 1 aromatic carbocycles. The summed E-state index contributed by atoms with van der Waals surface area (Å²) >= 11 is 3.15. The maximum atomic E-state index is 10.9. The number of carboxylic acid groups (broad SMARTS) is 1. The van der Waals surface area contributed by atoms with Crippen LogP contribution in [-0.4, -0.2) is 17.0 Å². The average Bonchev–Trinajstić information content (AvgIpc) is 2.09. The molecule has 0 spiro atoms. The smallest absolute Gasteiger partial charge is 0.337 e. The Hall–Kier alpha value is -1.36. The largest absolute Gasteiger partial charge is 0.478 e. The zero-order chi connectivity index (χ0) is 11.6. The zero-order valence-electron chi connectivity index (χ0n) is 8.30. The topological polar surface area (TPSA) is 66.4 Å². The normalized spacial score (nSPS) is 9.80. The van der Waals surface area contributed by atoms with Crippen molar-refractivity contribution in [2.45, 2.75) is 13.8 Å². The molecule has 1 amide bonds. The van der Waals surface area contributed by atoms with Crippen molar-refractivity contribution < 1.29 is 14.7 Å². The lowest BCUT2D eigenvalue weighted by Gasteiger charge is -2.10. The van der Waals surface area contributed by atoms with E-state index in [1.165, 1.54) is 6.92 Å². The third-order valence-corrected chi connectivity index (χ3v) is 2.60. The van der Waals surface area contributed by atoms with Crippen LogP contribution >= 0.6 is 15.9 Å². The van der Waals surface area contributed by atoms with E-state index in [1.807, 2.05) is 0 Å². The monoisotopic (exact) mass is 271 g/mol. The molecule has 0 radical (unpaired) electrons. The van der Waals surface area contributed by atoms with Crippen molar-refractivity contribution in [1.82, 2.24) is 0 Å². The number of carbonyl (C=O) groups is 2. The Labute approximate surface area is 95.4 Å². The molecule has 0 unspecified atom stereocenters. The first kappa shape index (κ1) is 11.7. The van der Waals surface area contributed by atoms with E-state index in [-0.39, 0.29) is 11.5 Å². The van der Waals surface area contributed by atoms with Crippen LogP contribution in [0.3, 0.4) is 0 Å². The first-order valence-electron chi connectivity index (χ1n) is 4.23. The standard InChI is InChI=1S/C10H10BrNO3/c1-5-8(12-6(2)13)4-3-7(11)9(5)10(14)15/h3-4H,1-2H3,(H,12,13)(H,14,15). The summed E-state index contributed by atoms with van der Waals surface area (Å²) in [7, 11) is 0. The number of carboxylic acids is 1. The summed E-state index contributed by atoms with van der Waals surface area (Å²) in [5.74, 6) is -1.25. The highest BCUT2D eigenvalue weighted by Gasteiger charge is 2.14. The second-order valence-electron chi connectivity index (χ2n) is 3.08. The summed E-state index contributed by atoms with van der Waals surface area (Å²) in [6, 6.07) is 3.26. The van der Waals surface area contributed by atoms with Gasteiger partial charge in [-0.1, -0.05) is 0 Å². The number of aromatic carboxylic acids is 1. The van der Waals surface area contributed by atoms with E-state index in [0.717, 1.165) is 0 Å². The van der Waals surface area contributed by atoms with Crippen molar-refractivity contribution in [1.29, 1.82) is 0 Å². The number of anilines is 1. The third kappa shape index (κ3) is 2.56. The van der Waals surface area contributed by atoms with Crippen LogP contribution in [0.25, 0.3) is 0 Å². The number of hydrogen-bond donors (Lipinski definition) is 2. The van der Waals surface area contributed by atoms with Crippen LogP contribution in [0.4, 0.5) is 5.69 Å². The van der Waals surface area contributed by atoms with Gasteiger partial charge in [0, 0.05) is 17.1 Å². The Morgan fingerprint density at radius 1 is 1.40 bits per heavy atom. The van der Waals surface area contributed by atoms with E-state index in [1.54, 1.807) is 19.1 Å². The maximum Gasteiger partial charge on any atom is 0.337 e. The maximum absolute atomic E-state index is 10.9. The minimum atomic E-state index is -1.02. The van der Waals surface area contributed by atoms with Crippen molar-refractivity contribution in [3.8, 4) is 0 Å². The number of rotatable bonds is 2. The first-order valence-corrected chi connectivity index (χ1v) is 5.02. The third-order valence-electron chi connectivity index (χ3n) is 1.94. The van der Waals surface area contributed by atoms with Crippen LogP contribution in [0.15, 0.2) is 16.6 Å². The molecule has 1 aromatic rings. The van der Waals surface area contributed by atoms with Gasteiger partial charge in [0.1, 0.15) is 0 Å². The molecule has 0 aliphatic rings. The molecule has 0 heterocycles. The van der Waals surface area contributed by atoms with Gasteiger partial charge in [-0.15, -0.1) is 0 Å². The molecule has 0 bridgehead atoms. The Kier molecular flexibility index (Phi) is 3.47. The zero-order valence-corrected chi connectivity index (χ0v) is 9.88. The predicted octanol–water partition coefficient (Wildman–Crippen LogP) is 2.41. The SMILES string of the molecule is CC(=O)Nc1ccc(Br)c(C(=O)O)c1C. The summed E-state index contributed by atoms with van der Waals surface area (Å²) in [4.78, 5) is 21.8. The lowest BCUT2D eigenvalue weighted by molar-refractivity contribution is -0.114. The summed E-state index contributed by atoms with van der Waals surface area (Å²) in [6.07, 6.45) is 0. The van der Waals surface area contributed by atoms with E-state index < -0.39 is 5.97 Å². The van der Waals surface area contributed by atoms with Crippen molar-refractivity contribution in [3.05, 3.63) is 27.7 Å². The number of benzene rings is 1.